The van der Waals surface area contributed by atoms with Gasteiger partial charge < -0.3 is 10.1 Å². The second kappa shape index (κ2) is 5.12. The van der Waals surface area contributed by atoms with Crippen LogP contribution in [0.15, 0.2) is 24.3 Å². The average Bonchev–Trinajstić information content (AvgIpc) is 2.30. The van der Waals surface area contributed by atoms with Crippen molar-refractivity contribution < 1.29 is 9.53 Å². The zero-order chi connectivity index (χ0) is 11.4. The molecular formula is C13H17NO2. The lowest BCUT2D eigenvalue weighted by Crippen LogP contribution is -2.34. The van der Waals surface area contributed by atoms with Crippen molar-refractivity contribution in [3.8, 4) is 5.75 Å². The summed E-state index contributed by atoms with van der Waals surface area (Å²) in [4.78, 5) is 11.2. The first-order valence-corrected chi connectivity index (χ1v) is 5.74. The lowest BCUT2D eigenvalue weighted by atomic mass is 10.1. The number of rotatable bonds is 3. The molecule has 1 saturated heterocycles. The third-order valence-corrected chi connectivity index (χ3v) is 2.83. The van der Waals surface area contributed by atoms with Gasteiger partial charge in [-0.3, -0.25) is 4.79 Å². The highest BCUT2D eigenvalue weighted by atomic mass is 16.5. The Morgan fingerprint density at radius 1 is 1.38 bits per heavy atom. The summed E-state index contributed by atoms with van der Waals surface area (Å²) < 4.78 is 5.85. The maximum atomic E-state index is 11.2. The lowest BCUT2D eigenvalue weighted by molar-refractivity contribution is 0.101. The molecule has 1 aromatic carbocycles. The molecule has 16 heavy (non-hydrogen) atoms. The van der Waals surface area contributed by atoms with Crippen molar-refractivity contribution in [2.75, 3.05) is 13.1 Å². The van der Waals surface area contributed by atoms with E-state index in [1.807, 2.05) is 24.3 Å². The van der Waals surface area contributed by atoms with Gasteiger partial charge in [0.1, 0.15) is 11.9 Å². The third-order valence-electron chi connectivity index (χ3n) is 2.83. The zero-order valence-corrected chi connectivity index (χ0v) is 9.53. The molecule has 0 aromatic heterocycles. The van der Waals surface area contributed by atoms with Gasteiger partial charge in [0.05, 0.1) is 0 Å². The molecule has 0 amide bonds. The fraction of sp³-hybridized carbons (Fsp3) is 0.462. The molecule has 0 atom stereocenters. The minimum absolute atomic E-state index is 0.0794. The first-order chi connectivity index (χ1) is 7.75. The van der Waals surface area contributed by atoms with Crippen molar-refractivity contribution >= 4 is 5.78 Å². The van der Waals surface area contributed by atoms with Crippen molar-refractivity contribution in [3.05, 3.63) is 29.8 Å². The molecule has 1 N–H and O–H groups in total. The molecular weight excluding hydrogens is 202 g/mol. The van der Waals surface area contributed by atoms with Crippen LogP contribution >= 0.6 is 0 Å². The normalized spacial score (nSPS) is 17.1. The number of ketones is 1. The number of nitrogens with one attached hydrogen (secondary N) is 1. The van der Waals surface area contributed by atoms with Crippen LogP contribution < -0.4 is 10.1 Å². The van der Waals surface area contributed by atoms with E-state index in [2.05, 4.69) is 5.32 Å². The summed E-state index contributed by atoms with van der Waals surface area (Å²) in [6.45, 7) is 3.60. The van der Waals surface area contributed by atoms with Gasteiger partial charge in [-0.25, -0.2) is 0 Å². The second-order valence-corrected chi connectivity index (χ2v) is 4.15. The third kappa shape index (κ3) is 2.83. The Balaban J connectivity index is 2.02. The number of piperidine rings is 1. The van der Waals surface area contributed by atoms with Crippen LogP contribution in [-0.2, 0) is 0 Å². The molecule has 0 spiro atoms. The predicted octanol–water partition coefficient (Wildman–Crippen LogP) is 2.02. The van der Waals surface area contributed by atoms with E-state index in [1.54, 1.807) is 6.92 Å². The van der Waals surface area contributed by atoms with Gasteiger partial charge in [0.2, 0.25) is 0 Å². The van der Waals surface area contributed by atoms with Crippen molar-refractivity contribution in [1.29, 1.82) is 0 Å². The quantitative estimate of drug-likeness (QED) is 0.790. The SMILES string of the molecule is CC(=O)c1cccc(OC2CCNCC2)c1. The molecule has 0 aliphatic carbocycles. The smallest absolute Gasteiger partial charge is 0.159 e. The van der Waals surface area contributed by atoms with Crippen LogP contribution in [0, 0.1) is 0 Å². The number of Topliss-reactive ketones (excluding diaryl/α,β-unsaturated/α-hetero) is 1. The predicted molar refractivity (Wildman–Crippen MR) is 63.0 cm³/mol. The Labute approximate surface area is 95.8 Å². The monoisotopic (exact) mass is 219 g/mol. The molecule has 1 aromatic rings. The molecule has 2 rings (SSSR count). The molecule has 3 nitrogen and oxygen atoms in total. The van der Waals surface area contributed by atoms with Crippen LogP contribution in [0.2, 0.25) is 0 Å². The standard InChI is InChI=1S/C13H17NO2/c1-10(15)11-3-2-4-13(9-11)16-12-5-7-14-8-6-12/h2-4,9,12,14H,5-8H2,1H3. The van der Waals surface area contributed by atoms with Gasteiger partial charge >= 0.3 is 0 Å². The van der Waals surface area contributed by atoms with Crippen molar-refractivity contribution in [2.24, 2.45) is 0 Å². The van der Waals surface area contributed by atoms with Crippen LogP contribution in [0.25, 0.3) is 0 Å². The number of benzene rings is 1. The summed E-state index contributed by atoms with van der Waals surface area (Å²) >= 11 is 0. The Morgan fingerprint density at radius 2 is 2.12 bits per heavy atom. The largest absolute Gasteiger partial charge is 0.490 e. The highest BCUT2D eigenvalue weighted by Crippen LogP contribution is 2.18. The van der Waals surface area contributed by atoms with Crippen LogP contribution in [0.3, 0.4) is 0 Å². The molecule has 0 unspecified atom stereocenters. The van der Waals surface area contributed by atoms with E-state index in [1.165, 1.54) is 0 Å². The Bertz CT molecular complexity index is 370. The van der Waals surface area contributed by atoms with Gasteiger partial charge in [-0.05, 0) is 45.0 Å². The molecule has 1 aliphatic rings. The average molecular weight is 219 g/mol. The number of carbonyl (C=O) groups excluding carboxylic acids is 1. The van der Waals surface area contributed by atoms with Crippen LogP contribution in [0.5, 0.6) is 5.75 Å². The van der Waals surface area contributed by atoms with Gasteiger partial charge in [0, 0.05) is 5.56 Å². The molecule has 0 radical (unpaired) electrons. The Kier molecular flexibility index (Phi) is 3.57. The lowest BCUT2D eigenvalue weighted by Gasteiger charge is -2.23. The van der Waals surface area contributed by atoms with E-state index < -0.39 is 0 Å². The molecule has 1 fully saturated rings. The second-order valence-electron chi connectivity index (χ2n) is 4.15. The Hall–Kier alpha value is -1.35. The summed E-state index contributed by atoms with van der Waals surface area (Å²) in [5.41, 5.74) is 0.714. The Morgan fingerprint density at radius 3 is 2.81 bits per heavy atom. The van der Waals surface area contributed by atoms with Crippen molar-refractivity contribution in [1.82, 2.24) is 5.32 Å². The molecule has 86 valence electrons. The minimum Gasteiger partial charge on any atom is -0.490 e. The summed E-state index contributed by atoms with van der Waals surface area (Å²) in [6.07, 6.45) is 2.35. The van der Waals surface area contributed by atoms with Crippen LogP contribution in [0.1, 0.15) is 30.1 Å². The molecule has 1 heterocycles. The summed E-state index contributed by atoms with van der Waals surface area (Å²) in [5, 5.41) is 3.30. The van der Waals surface area contributed by atoms with E-state index in [4.69, 9.17) is 4.74 Å². The van der Waals surface area contributed by atoms with Crippen LogP contribution in [-0.4, -0.2) is 25.0 Å². The number of hydrogen-bond donors (Lipinski definition) is 1. The first-order valence-electron chi connectivity index (χ1n) is 5.74. The van der Waals surface area contributed by atoms with Gasteiger partial charge in [-0.1, -0.05) is 12.1 Å². The van der Waals surface area contributed by atoms with Crippen molar-refractivity contribution in [2.45, 2.75) is 25.9 Å². The van der Waals surface area contributed by atoms with E-state index in [9.17, 15) is 4.79 Å². The zero-order valence-electron chi connectivity index (χ0n) is 9.53. The van der Waals surface area contributed by atoms with Gasteiger partial charge in [0.15, 0.2) is 5.78 Å². The van der Waals surface area contributed by atoms with Crippen molar-refractivity contribution in [3.63, 3.8) is 0 Å². The van der Waals surface area contributed by atoms with Crippen LogP contribution in [0.4, 0.5) is 0 Å². The fourth-order valence-electron chi connectivity index (χ4n) is 1.89. The molecule has 0 saturated carbocycles. The van der Waals surface area contributed by atoms with E-state index in [0.29, 0.717) is 5.56 Å². The van der Waals surface area contributed by atoms with Gasteiger partial charge in [-0.2, -0.15) is 0 Å². The maximum absolute atomic E-state index is 11.2. The van der Waals surface area contributed by atoms with E-state index in [0.717, 1.165) is 31.7 Å². The molecule has 1 aliphatic heterocycles. The minimum atomic E-state index is 0.0794. The summed E-state index contributed by atoms with van der Waals surface area (Å²) in [5.74, 6) is 0.885. The van der Waals surface area contributed by atoms with E-state index >= 15 is 0 Å². The number of ether oxygens (including phenoxy) is 1. The molecule has 0 bridgehead atoms. The summed E-state index contributed by atoms with van der Waals surface area (Å²) in [6, 6.07) is 7.42. The fourth-order valence-corrected chi connectivity index (χ4v) is 1.89. The highest BCUT2D eigenvalue weighted by Gasteiger charge is 2.14. The topological polar surface area (TPSA) is 38.3 Å². The van der Waals surface area contributed by atoms with Gasteiger partial charge in [0.25, 0.3) is 0 Å². The summed E-state index contributed by atoms with van der Waals surface area (Å²) in [7, 11) is 0. The van der Waals surface area contributed by atoms with E-state index in [-0.39, 0.29) is 11.9 Å². The molecule has 3 heteroatoms. The highest BCUT2D eigenvalue weighted by molar-refractivity contribution is 5.94. The first kappa shape index (κ1) is 11.1. The van der Waals surface area contributed by atoms with Gasteiger partial charge in [-0.15, -0.1) is 0 Å². The maximum Gasteiger partial charge on any atom is 0.159 e. The number of hydrogen-bond acceptors (Lipinski definition) is 3. The number of carbonyl (C=O) groups is 1.